The van der Waals surface area contributed by atoms with Gasteiger partial charge in [0, 0.05) is 18.8 Å². The fraction of sp³-hybridized carbons (Fsp3) is 0.312. The third kappa shape index (κ3) is 3.44. The van der Waals surface area contributed by atoms with Crippen LogP contribution in [-0.4, -0.2) is 40.2 Å². The first-order chi connectivity index (χ1) is 11.1. The summed E-state index contributed by atoms with van der Waals surface area (Å²) < 4.78 is 33.2. The van der Waals surface area contributed by atoms with Crippen molar-refractivity contribution in [1.29, 1.82) is 0 Å². The van der Waals surface area contributed by atoms with E-state index in [-0.39, 0.29) is 12.6 Å². The number of aromatic nitrogens is 2. The maximum Gasteiger partial charge on any atom is 0.259 e. The molecule has 2 heterocycles. The number of rotatable bonds is 3. The summed E-state index contributed by atoms with van der Waals surface area (Å²) in [4.78, 5) is 13.8. The van der Waals surface area contributed by atoms with Crippen molar-refractivity contribution in [2.75, 3.05) is 13.1 Å². The first-order valence-electron chi connectivity index (χ1n) is 7.33. The van der Waals surface area contributed by atoms with Gasteiger partial charge in [0.15, 0.2) is 0 Å². The Morgan fingerprint density at radius 2 is 2.00 bits per heavy atom. The molecule has 0 aliphatic carbocycles. The molecule has 7 heteroatoms. The number of ether oxygens (including phenoxy) is 1. The van der Waals surface area contributed by atoms with E-state index in [4.69, 9.17) is 4.74 Å². The Hall–Kier alpha value is -2.57. The lowest BCUT2D eigenvalue weighted by Crippen LogP contribution is -2.45. The topological polar surface area (TPSA) is 55.3 Å². The Morgan fingerprint density at radius 3 is 2.70 bits per heavy atom. The molecule has 3 rings (SSSR count). The zero-order chi connectivity index (χ0) is 16.2. The minimum Gasteiger partial charge on any atom is -0.471 e. The molecule has 1 aromatic heterocycles. The fourth-order valence-electron chi connectivity index (χ4n) is 2.60. The third-order valence-corrected chi connectivity index (χ3v) is 3.68. The van der Waals surface area contributed by atoms with E-state index >= 15 is 0 Å². The molecule has 1 saturated heterocycles. The molecular weight excluding hydrogens is 304 g/mol. The van der Waals surface area contributed by atoms with Crippen LogP contribution in [0.15, 0.2) is 36.5 Å². The van der Waals surface area contributed by atoms with Crippen LogP contribution < -0.4 is 4.74 Å². The molecule has 1 aromatic carbocycles. The van der Waals surface area contributed by atoms with Crippen LogP contribution in [-0.2, 0) is 0 Å². The van der Waals surface area contributed by atoms with Crippen LogP contribution in [0.3, 0.4) is 0 Å². The molecule has 2 aromatic rings. The van der Waals surface area contributed by atoms with Gasteiger partial charge in [-0.15, -0.1) is 5.10 Å². The molecule has 1 amide bonds. The molecule has 23 heavy (non-hydrogen) atoms. The van der Waals surface area contributed by atoms with Crippen molar-refractivity contribution in [1.82, 2.24) is 15.1 Å². The number of hydrogen-bond donors (Lipinski definition) is 0. The number of benzene rings is 1. The molecule has 120 valence electrons. The van der Waals surface area contributed by atoms with E-state index in [1.54, 1.807) is 12.1 Å². The fourth-order valence-corrected chi connectivity index (χ4v) is 2.60. The van der Waals surface area contributed by atoms with Crippen LogP contribution in [0, 0.1) is 11.6 Å². The molecule has 1 unspecified atom stereocenters. The van der Waals surface area contributed by atoms with Gasteiger partial charge in [0.2, 0.25) is 5.88 Å². The normalized spacial score (nSPS) is 17.8. The lowest BCUT2D eigenvalue weighted by Gasteiger charge is -2.32. The van der Waals surface area contributed by atoms with Crippen molar-refractivity contribution < 1.29 is 18.3 Å². The first kappa shape index (κ1) is 15.3. The summed E-state index contributed by atoms with van der Waals surface area (Å²) in [6, 6.07) is 6.76. The molecule has 1 aliphatic rings. The molecule has 1 fully saturated rings. The molecule has 0 N–H and O–H groups in total. The summed E-state index contributed by atoms with van der Waals surface area (Å²) in [5.41, 5.74) is -0.521. The van der Waals surface area contributed by atoms with Crippen LogP contribution in [0.5, 0.6) is 5.88 Å². The Labute approximate surface area is 131 Å². The minimum absolute atomic E-state index is 0.253. The standard InChI is InChI=1S/C16H15F2N3O2/c17-12-5-1-6-13(18)15(12)16(22)21-9-3-4-11(10-21)23-14-7-2-8-19-20-14/h1-2,5-8,11H,3-4,9-10H2. The highest BCUT2D eigenvalue weighted by molar-refractivity contribution is 5.94. The van der Waals surface area contributed by atoms with E-state index in [2.05, 4.69) is 10.2 Å². The molecule has 0 radical (unpaired) electrons. The maximum atomic E-state index is 13.8. The Balaban J connectivity index is 1.72. The van der Waals surface area contributed by atoms with Gasteiger partial charge in [0.25, 0.3) is 5.91 Å². The molecule has 0 spiro atoms. The zero-order valence-corrected chi connectivity index (χ0v) is 12.3. The number of carbonyl (C=O) groups excluding carboxylic acids is 1. The lowest BCUT2D eigenvalue weighted by molar-refractivity contribution is 0.0517. The van der Waals surface area contributed by atoms with E-state index in [1.807, 2.05) is 0 Å². The monoisotopic (exact) mass is 319 g/mol. The molecule has 5 nitrogen and oxygen atoms in total. The zero-order valence-electron chi connectivity index (χ0n) is 12.3. The molecule has 0 saturated carbocycles. The summed E-state index contributed by atoms with van der Waals surface area (Å²) in [5.74, 6) is -2.00. The van der Waals surface area contributed by atoms with Gasteiger partial charge in [-0.05, 0) is 31.0 Å². The average Bonchev–Trinajstić information content (AvgIpc) is 2.56. The van der Waals surface area contributed by atoms with E-state index in [9.17, 15) is 13.6 Å². The first-order valence-corrected chi connectivity index (χ1v) is 7.33. The molecular formula is C16H15F2N3O2. The summed E-state index contributed by atoms with van der Waals surface area (Å²) in [6.45, 7) is 0.691. The van der Waals surface area contributed by atoms with Crippen LogP contribution in [0.4, 0.5) is 8.78 Å². The van der Waals surface area contributed by atoms with Gasteiger partial charge in [-0.1, -0.05) is 6.07 Å². The highest BCUT2D eigenvalue weighted by atomic mass is 19.1. The number of halogens is 2. The number of likely N-dealkylation sites (tertiary alicyclic amines) is 1. The van der Waals surface area contributed by atoms with Gasteiger partial charge < -0.3 is 9.64 Å². The van der Waals surface area contributed by atoms with Crippen molar-refractivity contribution in [3.8, 4) is 5.88 Å². The van der Waals surface area contributed by atoms with Gasteiger partial charge in [-0.3, -0.25) is 4.79 Å². The van der Waals surface area contributed by atoms with Crippen molar-refractivity contribution in [2.24, 2.45) is 0 Å². The highest BCUT2D eigenvalue weighted by Gasteiger charge is 2.29. The predicted molar refractivity (Wildman–Crippen MR) is 77.9 cm³/mol. The highest BCUT2D eigenvalue weighted by Crippen LogP contribution is 2.20. The number of hydrogen-bond acceptors (Lipinski definition) is 4. The largest absolute Gasteiger partial charge is 0.471 e. The van der Waals surface area contributed by atoms with Crippen LogP contribution >= 0.6 is 0 Å². The second kappa shape index (κ2) is 6.68. The smallest absolute Gasteiger partial charge is 0.259 e. The summed E-state index contributed by atoms with van der Waals surface area (Å²) in [6.07, 6.45) is 2.68. The third-order valence-electron chi connectivity index (χ3n) is 3.68. The van der Waals surface area contributed by atoms with Crippen LogP contribution in [0.25, 0.3) is 0 Å². The number of nitrogens with zero attached hydrogens (tertiary/aromatic N) is 3. The van der Waals surface area contributed by atoms with Gasteiger partial charge >= 0.3 is 0 Å². The van der Waals surface area contributed by atoms with E-state index in [1.165, 1.54) is 17.2 Å². The lowest BCUT2D eigenvalue weighted by atomic mass is 10.1. The molecule has 1 atom stereocenters. The quantitative estimate of drug-likeness (QED) is 0.872. The Kier molecular flexibility index (Phi) is 4.45. The second-order valence-corrected chi connectivity index (χ2v) is 5.29. The van der Waals surface area contributed by atoms with Gasteiger partial charge in [0.05, 0.1) is 6.54 Å². The minimum atomic E-state index is -0.855. The Bertz CT molecular complexity index is 677. The number of amides is 1. The van der Waals surface area contributed by atoms with Crippen LogP contribution in [0.1, 0.15) is 23.2 Å². The van der Waals surface area contributed by atoms with Gasteiger partial charge in [-0.25, -0.2) is 8.78 Å². The van der Waals surface area contributed by atoms with Gasteiger partial charge in [-0.2, -0.15) is 5.10 Å². The summed E-state index contributed by atoms with van der Waals surface area (Å²) in [7, 11) is 0. The van der Waals surface area contributed by atoms with Crippen molar-refractivity contribution in [3.05, 3.63) is 53.7 Å². The van der Waals surface area contributed by atoms with Crippen LogP contribution in [0.2, 0.25) is 0 Å². The predicted octanol–water partition coefficient (Wildman–Crippen LogP) is 2.44. The van der Waals surface area contributed by atoms with E-state index in [0.717, 1.165) is 18.6 Å². The SMILES string of the molecule is O=C(c1c(F)cccc1F)N1CCCC(Oc2cccnn2)C1. The van der Waals surface area contributed by atoms with E-state index < -0.39 is 23.1 Å². The van der Waals surface area contributed by atoms with Crippen molar-refractivity contribution in [3.63, 3.8) is 0 Å². The van der Waals surface area contributed by atoms with E-state index in [0.29, 0.717) is 18.8 Å². The van der Waals surface area contributed by atoms with Crippen molar-refractivity contribution in [2.45, 2.75) is 18.9 Å². The summed E-state index contributed by atoms with van der Waals surface area (Å²) in [5, 5.41) is 7.55. The summed E-state index contributed by atoms with van der Waals surface area (Å²) >= 11 is 0. The van der Waals surface area contributed by atoms with Crippen molar-refractivity contribution >= 4 is 5.91 Å². The van der Waals surface area contributed by atoms with Gasteiger partial charge in [0.1, 0.15) is 23.3 Å². The second-order valence-electron chi connectivity index (χ2n) is 5.29. The Morgan fingerprint density at radius 1 is 1.22 bits per heavy atom. The maximum absolute atomic E-state index is 13.8. The number of carbonyl (C=O) groups is 1. The molecule has 1 aliphatic heterocycles. The molecule has 0 bridgehead atoms. The average molecular weight is 319 g/mol. The number of piperidine rings is 1.